The Morgan fingerprint density at radius 1 is 1.18 bits per heavy atom. The van der Waals surface area contributed by atoms with Crippen LogP contribution in [0.3, 0.4) is 0 Å². The number of nitrogens with zero attached hydrogens (tertiary/aromatic N) is 1. The van der Waals surface area contributed by atoms with Gasteiger partial charge in [-0.3, -0.25) is 0 Å². The molecule has 0 fully saturated rings. The molecule has 0 spiro atoms. The summed E-state index contributed by atoms with van der Waals surface area (Å²) in [6.45, 7) is 9.07. The number of aryl methyl sites for hydroxylation is 1. The number of hydrogen-bond acceptors (Lipinski definition) is 2. The molecule has 0 bridgehead atoms. The molecule has 0 saturated heterocycles. The maximum absolute atomic E-state index is 4.57. The molecule has 4 heteroatoms. The van der Waals surface area contributed by atoms with Gasteiger partial charge in [0.15, 0.2) is 5.96 Å². The van der Waals surface area contributed by atoms with Crippen LogP contribution in [0.15, 0.2) is 17.1 Å². The number of guanidine groups is 1. The number of rotatable bonds is 6. The molecule has 17 heavy (non-hydrogen) atoms. The molecular formula is C13H23N3S. The van der Waals surface area contributed by atoms with Gasteiger partial charge in [-0.1, -0.05) is 13.8 Å². The largest absolute Gasteiger partial charge is 0.357 e. The van der Waals surface area contributed by atoms with Gasteiger partial charge in [0.1, 0.15) is 0 Å². The molecule has 0 aliphatic rings. The highest BCUT2D eigenvalue weighted by Gasteiger charge is 1.99. The van der Waals surface area contributed by atoms with Gasteiger partial charge in [-0.2, -0.15) is 0 Å². The van der Waals surface area contributed by atoms with Gasteiger partial charge in [0, 0.05) is 22.8 Å². The van der Waals surface area contributed by atoms with Gasteiger partial charge in [0.05, 0.1) is 6.54 Å². The van der Waals surface area contributed by atoms with E-state index in [-0.39, 0.29) is 0 Å². The average molecular weight is 253 g/mol. The van der Waals surface area contributed by atoms with Gasteiger partial charge in [0.2, 0.25) is 0 Å². The van der Waals surface area contributed by atoms with Gasteiger partial charge >= 0.3 is 0 Å². The predicted octanol–water partition coefficient (Wildman–Crippen LogP) is 2.78. The van der Waals surface area contributed by atoms with Crippen LogP contribution in [0.25, 0.3) is 0 Å². The van der Waals surface area contributed by atoms with Crippen molar-refractivity contribution >= 4 is 17.3 Å². The first-order valence-corrected chi connectivity index (χ1v) is 7.21. The summed E-state index contributed by atoms with van der Waals surface area (Å²) in [4.78, 5) is 7.34. The lowest BCUT2D eigenvalue weighted by Crippen LogP contribution is -2.37. The maximum Gasteiger partial charge on any atom is 0.191 e. The van der Waals surface area contributed by atoms with Gasteiger partial charge in [-0.25, -0.2) is 4.99 Å². The van der Waals surface area contributed by atoms with Crippen molar-refractivity contribution < 1.29 is 0 Å². The minimum atomic E-state index is 0.768. The zero-order valence-corrected chi connectivity index (χ0v) is 11.9. The molecule has 0 aliphatic carbocycles. The van der Waals surface area contributed by atoms with Crippen molar-refractivity contribution in [1.82, 2.24) is 10.6 Å². The highest BCUT2D eigenvalue weighted by Crippen LogP contribution is 2.17. The van der Waals surface area contributed by atoms with Gasteiger partial charge < -0.3 is 10.6 Å². The molecule has 0 aliphatic heterocycles. The van der Waals surface area contributed by atoms with Crippen LogP contribution in [0.1, 0.15) is 36.9 Å². The molecule has 3 nitrogen and oxygen atoms in total. The Bertz CT molecular complexity index is 344. The molecule has 0 saturated carbocycles. The molecule has 0 amide bonds. The third-order valence-corrected chi connectivity index (χ3v) is 3.56. The molecule has 1 rings (SSSR count). The van der Waals surface area contributed by atoms with Crippen molar-refractivity contribution in [3.63, 3.8) is 0 Å². The Kier molecular flexibility index (Phi) is 6.70. The van der Waals surface area contributed by atoms with E-state index in [1.807, 2.05) is 11.3 Å². The summed E-state index contributed by atoms with van der Waals surface area (Å²) >= 11 is 1.85. The first kappa shape index (κ1) is 14.0. The quantitative estimate of drug-likeness (QED) is 0.604. The van der Waals surface area contributed by atoms with E-state index in [1.165, 1.54) is 9.75 Å². The second kappa shape index (κ2) is 8.12. The van der Waals surface area contributed by atoms with Crippen molar-refractivity contribution in [2.24, 2.45) is 4.99 Å². The van der Waals surface area contributed by atoms with Crippen molar-refractivity contribution in [2.75, 3.05) is 13.1 Å². The standard InChI is InChI=1S/C13H23N3S/c1-4-9-15-13(14-6-3)16-10-12-8-7-11(5-2)17-12/h7-8H,4-6,9-10H2,1-3H3,(H2,14,15,16). The second-order valence-electron chi connectivity index (χ2n) is 3.84. The highest BCUT2D eigenvalue weighted by molar-refractivity contribution is 7.11. The van der Waals surface area contributed by atoms with E-state index in [1.54, 1.807) is 0 Å². The summed E-state index contributed by atoms with van der Waals surface area (Å²) in [6.07, 6.45) is 2.23. The van der Waals surface area contributed by atoms with Crippen molar-refractivity contribution in [3.05, 3.63) is 21.9 Å². The Morgan fingerprint density at radius 2 is 1.94 bits per heavy atom. The molecule has 96 valence electrons. The fourth-order valence-corrected chi connectivity index (χ4v) is 2.32. The van der Waals surface area contributed by atoms with Crippen LogP contribution in [0.2, 0.25) is 0 Å². The van der Waals surface area contributed by atoms with E-state index in [9.17, 15) is 0 Å². The summed E-state index contributed by atoms with van der Waals surface area (Å²) in [5.74, 6) is 0.917. The molecule has 1 aromatic heterocycles. The van der Waals surface area contributed by atoms with E-state index in [2.05, 4.69) is 48.5 Å². The Balaban J connectivity index is 2.51. The summed E-state index contributed by atoms with van der Waals surface area (Å²) in [5.41, 5.74) is 0. The lowest BCUT2D eigenvalue weighted by Gasteiger charge is -2.09. The molecule has 2 N–H and O–H groups in total. The minimum Gasteiger partial charge on any atom is -0.357 e. The highest BCUT2D eigenvalue weighted by atomic mass is 32.1. The van der Waals surface area contributed by atoms with E-state index < -0.39 is 0 Å². The predicted molar refractivity (Wildman–Crippen MR) is 76.8 cm³/mol. The summed E-state index contributed by atoms with van der Waals surface area (Å²) < 4.78 is 0. The molecule has 0 radical (unpaired) electrons. The Morgan fingerprint density at radius 3 is 2.53 bits per heavy atom. The van der Waals surface area contributed by atoms with Crippen LogP contribution in [0.5, 0.6) is 0 Å². The fraction of sp³-hybridized carbons (Fsp3) is 0.615. The van der Waals surface area contributed by atoms with Crippen molar-refractivity contribution in [2.45, 2.75) is 40.2 Å². The number of hydrogen-bond donors (Lipinski definition) is 2. The van der Waals surface area contributed by atoms with Crippen LogP contribution >= 0.6 is 11.3 Å². The third kappa shape index (κ3) is 5.22. The molecule has 1 heterocycles. The van der Waals surface area contributed by atoms with Gasteiger partial charge in [-0.15, -0.1) is 11.3 Å². The van der Waals surface area contributed by atoms with E-state index in [4.69, 9.17) is 0 Å². The molecular weight excluding hydrogens is 230 g/mol. The monoisotopic (exact) mass is 253 g/mol. The fourth-order valence-electron chi connectivity index (χ4n) is 1.44. The molecule has 0 atom stereocenters. The number of nitrogens with one attached hydrogen (secondary N) is 2. The van der Waals surface area contributed by atoms with Crippen LogP contribution < -0.4 is 10.6 Å². The van der Waals surface area contributed by atoms with E-state index >= 15 is 0 Å². The SMILES string of the molecule is CCCNC(=NCc1ccc(CC)s1)NCC. The Labute approximate surface area is 108 Å². The summed E-state index contributed by atoms with van der Waals surface area (Å²) in [6, 6.07) is 4.37. The van der Waals surface area contributed by atoms with Crippen LogP contribution in [0, 0.1) is 0 Å². The third-order valence-electron chi connectivity index (χ3n) is 2.35. The van der Waals surface area contributed by atoms with Gasteiger partial charge in [-0.05, 0) is 31.9 Å². The van der Waals surface area contributed by atoms with Crippen LogP contribution in [-0.4, -0.2) is 19.0 Å². The van der Waals surface area contributed by atoms with Crippen molar-refractivity contribution in [3.8, 4) is 0 Å². The summed E-state index contributed by atoms with van der Waals surface area (Å²) in [5, 5.41) is 6.56. The number of thiophene rings is 1. The zero-order chi connectivity index (χ0) is 12.5. The second-order valence-corrected chi connectivity index (χ2v) is 5.10. The van der Waals surface area contributed by atoms with Crippen LogP contribution in [0.4, 0.5) is 0 Å². The normalized spacial score (nSPS) is 11.6. The molecule has 0 aromatic carbocycles. The first-order chi connectivity index (χ1) is 8.30. The lowest BCUT2D eigenvalue weighted by atomic mass is 10.4. The molecule has 1 aromatic rings. The number of aliphatic imine (C=N–C) groups is 1. The van der Waals surface area contributed by atoms with E-state index in [0.717, 1.165) is 38.4 Å². The van der Waals surface area contributed by atoms with Crippen molar-refractivity contribution in [1.29, 1.82) is 0 Å². The average Bonchev–Trinajstić information content (AvgIpc) is 2.80. The van der Waals surface area contributed by atoms with Gasteiger partial charge in [0.25, 0.3) is 0 Å². The van der Waals surface area contributed by atoms with E-state index in [0.29, 0.717) is 0 Å². The maximum atomic E-state index is 4.57. The van der Waals surface area contributed by atoms with Crippen LogP contribution in [-0.2, 0) is 13.0 Å². The summed E-state index contributed by atoms with van der Waals surface area (Å²) in [7, 11) is 0. The Hall–Kier alpha value is -1.03. The smallest absolute Gasteiger partial charge is 0.191 e. The minimum absolute atomic E-state index is 0.768. The lowest BCUT2D eigenvalue weighted by molar-refractivity contribution is 0.786. The molecule has 0 unspecified atom stereocenters. The zero-order valence-electron chi connectivity index (χ0n) is 11.0. The first-order valence-electron chi connectivity index (χ1n) is 6.39. The topological polar surface area (TPSA) is 36.4 Å².